The fraction of sp³-hybridized carbons (Fsp3) is 0.571. The SMILES string of the molecule is c1ccc(Cc2nc(CN(C[C@H]3CCCO3)C[C@H]3CCCO3)cs2)cc1. The third kappa shape index (κ3) is 5.13. The number of ether oxygens (including phenoxy) is 2. The van der Waals surface area contributed by atoms with Crippen LogP contribution in [0.2, 0.25) is 0 Å². The first-order chi connectivity index (χ1) is 12.8. The smallest absolute Gasteiger partial charge is 0.0972 e. The molecule has 0 bridgehead atoms. The minimum atomic E-state index is 0.374. The molecule has 26 heavy (non-hydrogen) atoms. The van der Waals surface area contributed by atoms with Crippen molar-refractivity contribution in [3.05, 3.63) is 52.0 Å². The highest BCUT2D eigenvalue weighted by Gasteiger charge is 2.24. The van der Waals surface area contributed by atoms with Crippen LogP contribution in [0.3, 0.4) is 0 Å². The number of aromatic nitrogens is 1. The second-order valence-electron chi connectivity index (χ2n) is 7.36. The van der Waals surface area contributed by atoms with Crippen molar-refractivity contribution in [2.24, 2.45) is 0 Å². The van der Waals surface area contributed by atoms with Crippen molar-refractivity contribution in [2.75, 3.05) is 26.3 Å². The van der Waals surface area contributed by atoms with E-state index in [1.165, 1.54) is 41.9 Å². The lowest BCUT2D eigenvalue weighted by Gasteiger charge is -2.26. The van der Waals surface area contributed by atoms with E-state index in [2.05, 4.69) is 40.6 Å². The molecule has 2 aliphatic rings. The van der Waals surface area contributed by atoms with Crippen LogP contribution in [0.4, 0.5) is 0 Å². The number of hydrogen-bond donors (Lipinski definition) is 0. The van der Waals surface area contributed by atoms with Crippen LogP contribution in [-0.4, -0.2) is 48.4 Å². The van der Waals surface area contributed by atoms with Crippen molar-refractivity contribution >= 4 is 11.3 Å². The predicted molar refractivity (Wildman–Crippen MR) is 105 cm³/mol. The maximum atomic E-state index is 5.87. The second kappa shape index (κ2) is 9.09. The Balaban J connectivity index is 1.37. The molecular weight excluding hydrogens is 344 g/mol. The van der Waals surface area contributed by atoms with Crippen LogP contribution in [0.5, 0.6) is 0 Å². The van der Waals surface area contributed by atoms with E-state index < -0.39 is 0 Å². The summed E-state index contributed by atoms with van der Waals surface area (Å²) in [6.45, 7) is 4.70. The summed E-state index contributed by atoms with van der Waals surface area (Å²) in [7, 11) is 0. The van der Waals surface area contributed by atoms with Gasteiger partial charge in [0, 0.05) is 44.6 Å². The zero-order valence-electron chi connectivity index (χ0n) is 15.3. The molecule has 2 aliphatic heterocycles. The van der Waals surface area contributed by atoms with Crippen LogP contribution >= 0.6 is 11.3 Å². The molecule has 1 aromatic carbocycles. The second-order valence-corrected chi connectivity index (χ2v) is 8.30. The van der Waals surface area contributed by atoms with Gasteiger partial charge in [0.25, 0.3) is 0 Å². The summed E-state index contributed by atoms with van der Waals surface area (Å²) < 4.78 is 11.7. The lowest BCUT2D eigenvalue weighted by Crippen LogP contribution is -2.37. The molecule has 0 radical (unpaired) electrons. The van der Waals surface area contributed by atoms with E-state index in [1.807, 2.05) is 0 Å². The van der Waals surface area contributed by atoms with Crippen molar-refractivity contribution in [1.82, 2.24) is 9.88 Å². The molecule has 0 spiro atoms. The Morgan fingerprint density at radius 2 is 1.69 bits per heavy atom. The molecule has 0 aliphatic carbocycles. The van der Waals surface area contributed by atoms with Crippen molar-refractivity contribution < 1.29 is 9.47 Å². The van der Waals surface area contributed by atoms with Gasteiger partial charge < -0.3 is 9.47 Å². The summed E-state index contributed by atoms with van der Waals surface area (Å²) in [6.07, 6.45) is 6.41. The number of benzene rings is 1. The van der Waals surface area contributed by atoms with Gasteiger partial charge in [0.2, 0.25) is 0 Å². The molecule has 2 fully saturated rings. The first-order valence-electron chi connectivity index (χ1n) is 9.78. The van der Waals surface area contributed by atoms with Gasteiger partial charge >= 0.3 is 0 Å². The van der Waals surface area contributed by atoms with Gasteiger partial charge in [0.05, 0.1) is 22.9 Å². The Hall–Kier alpha value is -1.27. The molecule has 3 heterocycles. The average molecular weight is 373 g/mol. The topological polar surface area (TPSA) is 34.6 Å². The van der Waals surface area contributed by atoms with Crippen molar-refractivity contribution in [3.8, 4) is 0 Å². The molecule has 140 valence electrons. The van der Waals surface area contributed by atoms with Gasteiger partial charge in [-0.3, -0.25) is 4.90 Å². The maximum Gasteiger partial charge on any atom is 0.0972 e. The van der Waals surface area contributed by atoms with E-state index in [1.54, 1.807) is 11.3 Å². The van der Waals surface area contributed by atoms with Crippen LogP contribution in [-0.2, 0) is 22.4 Å². The number of rotatable bonds is 8. The van der Waals surface area contributed by atoms with Gasteiger partial charge in [0.15, 0.2) is 0 Å². The van der Waals surface area contributed by atoms with Gasteiger partial charge in [0.1, 0.15) is 0 Å². The average Bonchev–Trinajstić information content (AvgIpc) is 3.40. The zero-order chi connectivity index (χ0) is 17.6. The van der Waals surface area contributed by atoms with Crippen LogP contribution in [0.1, 0.15) is 41.9 Å². The van der Waals surface area contributed by atoms with Crippen LogP contribution < -0.4 is 0 Å². The van der Waals surface area contributed by atoms with Crippen LogP contribution in [0.25, 0.3) is 0 Å². The first kappa shape index (κ1) is 18.1. The Morgan fingerprint density at radius 3 is 2.31 bits per heavy atom. The molecule has 2 aromatic rings. The van der Waals surface area contributed by atoms with Crippen LogP contribution in [0.15, 0.2) is 35.7 Å². The monoisotopic (exact) mass is 372 g/mol. The van der Waals surface area contributed by atoms with Gasteiger partial charge in [-0.05, 0) is 31.2 Å². The molecule has 4 nitrogen and oxygen atoms in total. The summed E-state index contributed by atoms with van der Waals surface area (Å²) in [4.78, 5) is 7.38. The lowest BCUT2D eigenvalue weighted by atomic mass is 10.2. The fourth-order valence-corrected chi connectivity index (χ4v) is 4.68. The number of hydrogen-bond acceptors (Lipinski definition) is 5. The molecule has 0 unspecified atom stereocenters. The molecule has 5 heteroatoms. The van der Waals surface area contributed by atoms with E-state index in [0.717, 1.165) is 39.3 Å². The summed E-state index contributed by atoms with van der Waals surface area (Å²) >= 11 is 1.77. The molecule has 1 aromatic heterocycles. The fourth-order valence-electron chi connectivity index (χ4n) is 3.86. The molecule has 4 rings (SSSR count). The summed E-state index contributed by atoms with van der Waals surface area (Å²) in [5.74, 6) is 0. The van der Waals surface area contributed by atoms with E-state index >= 15 is 0 Å². The van der Waals surface area contributed by atoms with Crippen LogP contribution in [0, 0.1) is 0 Å². The minimum absolute atomic E-state index is 0.374. The largest absolute Gasteiger partial charge is 0.377 e. The highest BCUT2D eigenvalue weighted by atomic mass is 32.1. The molecule has 2 atom stereocenters. The van der Waals surface area contributed by atoms with E-state index in [0.29, 0.717) is 12.2 Å². The minimum Gasteiger partial charge on any atom is -0.377 e. The number of nitrogens with zero attached hydrogens (tertiary/aromatic N) is 2. The molecule has 2 saturated heterocycles. The van der Waals surface area contributed by atoms with E-state index in [4.69, 9.17) is 14.5 Å². The molecular formula is C21H28N2O2S. The third-order valence-corrected chi connectivity index (χ3v) is 6.05. The Kier molecular flexibility index (Phi) is 6.33. The Morgan fingerprint density at radius 1 is 1.00 bits per heavy atom. The summed E-state index contributed by atoms with van der Waals surface area (Å²) in [5.41, 5.74) is 2.50. The van der Waals surface area contributed by atoms with Crippen molar-refractivity contribution in [2.45, 2.75) is 50.9 Å². The standard InChI is InChI=1S/C21H28N2O2S/c1-2-6-17(7-3-1)12-21-22-18(16-26-21)13-23(14-19-8-4-10-24-19)15-20-9-5-11-25-20/h1-3,6-7,16,19-20H,4-5,8-15H2/t19-,20-/m1/s1. The van der Waals surface area contributed by atoms with Gasteiger partial charge in [-0.2, -0.15) is 0 Å². The molecule has 0 amide bonds. The predicted octanol–water partition coefficient (Wildman–Crippen LogP) is 3.89. The van der Waals surface area contributed by atoms with E-state index in [-0.39, 0.29) is 0 Å². The maximum absolute atomic E-state index is 5.87. The van der Waals surface area contributed by atoms with Gasteiger partial charge in [-0.15, -0.1) is 11.3 Å². The van der Waals surface area contributed by atoms with Crippen molar-refractivity contribution in [3.63, 3.8) is 0 Å². The van der Waals surface area contributed by atoms with Gasteiger partial charge in [-0.25, -0.2) is 4.98 Å². The summed E-state index contributed by atoms with van der Waals surface area (Å²) in [6, 6.07) is 10.6. The quantitative estimate of drug-likeness (QED) is 0.704. The molecule has 0 N–H and O–H groups in total. The number of thiazole rings is 1. The van der Waals surface area contributed by atoms with Gasteiger partial charge in [-0.1, -0.05) is 30.3 Å². The Labute approximate surface area is 160 Å². The highest BCUT2D eigenvalue weighted by molar-refractivity contribution is 7.09. The Bertz CT molecular complexity index is 646. The highest BCUT2D eigenvalue weighted by Crippen LogP contribution is 2.20. The van der Waals surface area contributed by atoms with Crippen molar-refractivity contribution in [1.29, 1.82) is 0 Å². The first-order valence-corrected chi connectivity index (χ1v) is 10.7. The normalized spacial score (nSPS) is 23.1. The lowest BCUT2D eigenvalue weighted by molar-refractivity contribution is 0.0342. The molecule has 0 saturated carbocycles. The summed E-state index contributed by atoms with van der Waals surface area (Å²) in [5, 5.41) is 3.41. The van der Waals surface area contributed by atoms with E-state index in [9.17, 15) is 0 Å². The zero-order valence-corrected chi connectivity index (χ0v) is 16.1. The third-order valence-electron chi connectivity index (χ3n) is 5.15.